The molecule has 0 atom stereocenters. The van der Waals surface area contributed by atoms with Crippen molar-refractivity contribution in [2.45, 2.75) is 0 Å². The third-order valence-corrected chi connectivity index (χ3v) is 6.61. The number of ether oxygens (including phenoxy) is 1. The Balaban J connectivity index is 1.43. The molecule has 1 aliphatic heterocycles. The smallest absolute Gasteiger partial charge is 0.433 e. The van der Waals surface area contributed by atoms with Gasteiger partial charge in [0.1, 0.15) is 28.3 Å². The van der Waals surface area contributed by atoms with Gasteiger partial charge in [-0.3, -0.25) is 14.9 Å². The van der Waals surface area contributed by atoms with Gasteiger partial charge in [-0.1, -0.05) is 23.2 Å². The Labute approximate surface area is 219 Å². The number of rotatable bonds is 5. The number of carbonyl (C=O) groups excluding carboxylic acids is 1. The topological polar surface area (TPSA) is 115 Å². The minimum Gasteiger partial charge on any atom is -0.496 e. The van der Waals surface area contributed by atoms with Gasteiger partial charge in [0.05, 0.1) is 18.2 Å². The second-order valence-electron chi connectivity index (χ2n) is 8.16. The monoisotopic (exact) mass is 545 g/mol. The molecule has 0 unspecified atom stereocenters. The Morgan fingerprint density at radius 1 is 1.14 bits per heavy atom. The van der Waals surface area contributed by atoms with Gasteiger partial charge in [-0.05, 0) is 30.3 Å². The van der Waals surface area contributed by atoms with Gasteiger partial charge >= 0.3 is 5.88 Å². The summed E-state index contributed by atoms with van der Waals surface area (Å²) in [6.07, 6.45) is 1.27. The Morgan fingerprint density at radius 3 is 2.57 bits per heavy atom. The van der Waals surface area contributed by atoms with Crippen molar-refractivity contribution < 1.29 is 23.3 Å². The largest absolute Gasteiger partial charge is 0.496 e. The molecular formula is C24H18Cl2FN5O5. The van der Waals surface area contributed by atoms with Crippen LogP contribution in [0.25, 0.3) is 22.0 Å². The first-order chi connectivity index (χ1) is 17.8. The van der Waals surface area contributed by atoms with Crippen LogP contribution in [-0.4, -0.2) is 59.0 Å². The van der Waals surface area contributed by atoms with E-state index in [1.54, 1.807) is 24.3 Å². The lowest BCUT2D eigenvalue weighted by Gasteiger charge is -2.35. The summed E-state index contributed by atoms with van der Waals surface area (Å²) in [4.78, 5) is 34.8. The summed E-state index contributed by atoms with van der Waals surface area (Å²) in [7, 11) is 1.47. The highest BCUT2D eigenvalue weighted by Gasteiger charge is 2.28. The molecule has 2 aromatic heterocycles. The minimum atomic E-state index is -0.701. The summed E-state index contributed by atoms with van der Waals surface area (Å²) in [6, 6.07) is 8.86. The van der Waals surface area contributed by atoms with Crippen LogP contribution in [0.1, 0.15) is 10.6 Å². The molecular weight excluding hydrogens is 528 g/mol. The van der Waals surface area contributed by atoms with E-state index in [9.17, 15) is 14.9 Å². The van der Waals surface area contributed by atoms with Crippen molar-refractivity contribution in [2.75, 3.05) is 38.2 Å². The van der Waals surface area contributed by atoms with Crippen LogP contribution in [0.3, 0.4) is 0 Å². The molecule has 2 aromatic carbocycles. The van der Waals surface area contributed by atoms with Gasteiger partial charge in [-0.2, -0.15) is 0 Å². The van der Waals surface area contributed by atoms with Crippen LogP contribution in [0.2, 0.25) is 10.0 Å². The number of amides is 1. The quantitative estimate of drug-likeness (QED) is 0.248. The van der Waals surface area contributed by atoms with Gasteiger partial charge < -0.3 is 19.0 Å². The van der Waals surface area contributed by atoms with E-state index < -0.39 is 22.5 Å². The number of anilines is 1. The maximum Gasteiger partial charge on any atom is 0.433 e. The molecule has 4 aromatic rings. The Hall–Kier alpha value is -3.96. The van der Waals surface area contributed by atoms with E-state index >= 15 is 4.39 Å². The lowest BCUT2D eigenvalue weighted by molar-refractivity contribution is -0.402. The average molecular weight is 546 g/mol. The number of nitro groups is 1. The van der Waals surface area contributed by atoms with Crippen molar-refractivity contribution in [3.05, 3.63) is 74.5 Å². The van der Waals surface area contributed by atoms with Gasteiger partial charge in [0.25, 0.3) is 5.91 Å². The van der Waals surface area contributed by atoms with E-state index in [0.29, 0.717) is 53.7 Å². The SMILES string of the molecule is COc1ccc(Cl)cc1-c1c(Cl)cc2c(N3CCN(C(=O)c4ccc([N+](=O)[O-])o4)CC3)ncnc2c1F. The number of carbonyl (C=O) groups is 1. The van der Waals surface area contributed by atoms with E-state index in [4.69, 9.17) is 32.4 Å². The van der Waals surface area contributed by atoms with E-state index in [0.717, 1.165) is 6.07 Å². The lowest BCUT2D eigenvalue weighted by Crippen LogP contribution is -2.49. The first-order valence-electron chi connectivity index (χ1n) is 11.0. The predicted octanol–water partition coefficient (Wildman–Crippen LogP) is 5.21. The Bertz CT molecular complexity index is 1540. The zero-order valence-electron chi connectivity index (χ0n) is 19.3. The maximum absolute atomic E-state index is 15.8. The van der Waals surface area contributed by atoms with Gasteiger partial charge in [-0.25, -0.2) is 14.4 Å². The fourth-order valence-electron chi connectivity index (χ4n) is 4.31. The molecule has 1 amide bonds. The third kappa shape index (κ3) is 4.51. The number of halogens is 3. The van der Waals surface area contributed by atoms with Crippen LogP contribution in [0.15, 0.2) is 47.1 Å². The fourth-order valence-corrected chi connectivity index (χ4v) is 4.77. The van der Waals surface area contributed by atoms with Gasteiger partial charge in [0.2, 0.25) is 0 Å². The van der Waals surface area contributed by atoms with Gasteiger partial charge in [0.15, 0.2) is 11.6 Å². The number of methoxy groups -OCH3 is 1. The molecule has 0 saturated carbocycles. The number of nitrogens with zero attached hydrogens (tertiary/aromatic N) is 5. The molecule has 0 bridgehead atoms. The van der Waals surface area contributed by atoms with Crippen LogP contribution in [-0.2, 0) is 0 Å². The second kappa shape index (κ2) is 9.83. The van der Waals surface area contributed by atoms with Crippen molar-refractivity contribution in [1.29, 1.82) is 0 Å². The number of benzene rings is 2. The number of fused-ring (bicyclic) bond motifs is 1. The first-order valence-corrected chi connectivity index (χ1v) is 11.8. The number of hydrogen-bond acceptors (Lipinski definition) is 8. The van der Waals surface area contributed by atoms with Crippen LogP contribution in [0.4, 0.5) is 16.1 Å². The van der Waals surface area contributed by atoms with Crippen molar-refractivity contribution in [2.24, 2.45) is 0 Å². The number of hydrogen-bond donors (Lipinski definition) is 0. The second-order valence-corrected chi connectivity index (χ2v) is 9.00. The van der Waals surface area contributed by atoms with Gasteiger partial charge in [-0.15, -0.1) is 0 Å². The summed E-state index contributed by atoms with van der Waals surface area (Å²) in [5, 5.41) is 11.8. The van der Waals surface area contributed by atoms with Crippen LogP contribution in [0, 0.1) is 15.9 Å². The van der Waals surface area contributed by atoms with E-state index in [1.807, 2.05) is 4.90 Å². The molecule has 1 fully saturated rings. The average Bonchev–Trinajstić information content (AvgIpc) is 3.39. The first kappa shape index (κ1) is 24.7. The fraction of sp³-hybridized carbons (Fsp3) is 0.208. The number of furan rings is 1. The highest BCUT2D eigenvalue weighted by atomic mass is 35.5. The summed E-state index contributed by atoms with van der Waals surface area (Å²) < 4.78 is 26.2. The maximum atomic E-state index is 15.8. The molecule has 1 aliphatic rings. The number of aromatic nitrogens is 2. The van der Waals surface area contributed by atoms with Crippen molar-refractivity contribution in [1.82, 2.24) is 14.9 Å². The van der Waals surface area contributed by atoms with E-state index in [2.05, 4.69) is 9.97 Å². The van der Waals surface area contributed by atoms with E-state index in [1.165, 1.54) is 24.4 Å². The van der Waals surface area contributed by atoms with Crippen LogP contribution < -0.4 is 9.64 Å². The summed E-state index contributed by atoms with van der Waals surface area (Å²) in [5.74, 6) is -0.819. The molecule has 10 nitrogen and oxygen atoms in total. The predicted molar refractivity (Wildman–Crippen MR) is 135 cm³/mol. The molecule has 0 spiro atoms. The third-order valence-electron chi connectivity index (χ3n) is 6.08. The summed E-state index contributed by atoms with van der Waals surface area (Å²) in [6.45, 7) is 1.35. The molecule has 0 N–H and O–H groups in total. The van der Waals surface area contributed by atoms with E-state index in [-0.39, 0.29) is 21.9 Å². The molecule has 0 aliphatic carbocycles. The van der Waals surface area contributed by atoms with Crippen molar-refractivity contribution >= 4 is 51.7 Å². The Morgan fingerprint density at radius 2 is 1.89 bits per heavy atom. The minimum absolute atomic E-state index is 0.0767. The highest BCUT2D eigenvalue weighted by Crippen LogP contribution is 2.42. The molecule has 1 saturated heterocycles. The normalized spacial score (nSPS) is 13.7. The highest BCUT2D eigenvalue weighted by molar-refractivity contribution is 6.35. The molecule has 5 rings (SSSR count). The molecule has 3 heterocycles. The summed E-state index contributed by atoms with van der Waals surface area (Å²) in [5.41, 5.74) is 0.582. The molecule has 37 heavy (non-hydrogen) atoms. The zero-order valence-corrected chi connectivity index (χ0v) is 20.8. The Kier molecular flexibility index (Phi) is 6.57. The number of piperazine rings is 1. The van der Waals surface area contributed by atoms with Crippen molar-refractivity contribution in [3.8, 4) is 16.9 Å². The molecule has 190 valence electrons. The molecule has 13 heteroatoms. The van der Waals surface area contributed by atoms with Gasteiger partial charge in [0, 0.05) is 47.7 Å². The lowest BCUT2D eigenvalue weighted by atomic mass is 10.0. The standard InChI is InChI=1S/C24H18Cl2FN5O5/c1-36-17-3-2-13(25)10-14(17)20-16(26)11-15-22(21(20)27)28-12-29-23(15)30-6-8-31(9-7-30)24(33)18-4-5-19(37-18)32(34)35/h2-5,10-12H,6-9H2,1H3. The van der Waals surface area contributed by atoms with Crippen LogP contribution >= 0.6 is 23.2 Å². The van der Waals surface area contributed by atoms with Crippen LogP contribution in [0.5, 0.6) is 5.75 Å². The summed E-state index contributed by atoms with van der Waals surface area (Å²) >= 11 is 12.7. The van der Waals surface area contributed by atoms with Crippen molar-refractivity contribution in [3.63, 3.8) is 0 Å². The molecule has 0 radical (unpaired) electrons. The zero-order chi connectivity index (χ0) is 26.3.